The summed E-state index contributed by atoms with van der Waals surface area (Å²) in [5.41, 5.74) is 0.372. The summed E-state index contributed by atoms with van der Waals surface area (Å²) in [4.78, 5) is 12.3. The SMILES string of the molecule is CCC(C)NC(=O)c1cccc(S(=O)(=O)NC2CCCCC2)c1. The number of benzene rings is 1. The van der Waals surface area contributed by atoms with Crippen molar-refractivity contribution in [2.45, 2.75) is 69.4 Å². The van der Waals surface area contributed by atoms with E-state index in [0.29, 0.717) is 5.56 Å². The molecule has 2 N–H and O–H groups in total. The van der Waals surface area contributed by atoms with Gasteiger partial charge in [-0.2, -0.15) is 0 Å². The third kappa shape index (κ3) is 5.04. The molecule has 1 aromatic rings. The Morgan fingerprint density at radius 3 is 2.61 bits per heavy atom. The minimum Gasteiger partial charge on any atom is -0.350 e. The molecule has 1 unspecified atom stereocenters. The molecule has 0 aromatic heterocycles. The lowest BCUT2D eigenvalue weighted by molar-refractivity contribution is 0.0939. The standard InChI is InChI=1S/C17H26N2O3S/c1-3-13(2)18-17(20)14-8-7-11-16(12-14)23(21,22)19-15-9-5-4-6-10-15/h7-8,11-13,15,19H,3-6,9-10H2,1-2H3,(H,18,20). The second-order valence-electron chi connectivity index (χ2n) is 6.27. The lowest BCUT2D eigenvalue weighted by atomic mass is 9.96. The summed E-state index contributed by atoms with van der Waals surface area (Å²) in [5, 5.41) is 2.85. The predicted octanol–water partition coefficient (Wildman–Crippen LogP) is 2.83. The highest BCUT2D eigenvalue weighted by Crippen LogP contribution is 2.20. The van der Waals surface area contributed by atoms with E-state index in [2.05, 4.69) is 10.0 Å². The Morgan fingerprint density at radius 2 is 1.96 bits per heavy atom. The Hall–Kier alpha value is -1.40. The maximum Gasteiger partial charge on any atom is 0.251 e. The first-order valence-corrected chi connectivity index (χ1v) is 9.84. The number of rotatable bonds is 6. The molecule has 1 aliphatic rings. The molecule has 1 aliphatic carbocycles. The van der Waals surface area contributed by atoms with Crippen LogP contribution < -0.4 is 10.0 Å². The van der Waals surface area contributed by atoms with Crippen molar-refractivity contribution in [3.8, 4) is 0 Å². The minimum atomic E-state index is -3.58. The van der Waals surface area contributed by atoms with Gasteiger partial charge < -0.3 is 5.32 Å². The summed E-state index contributed by atoms with van der Waals surface area (Å²) in [6.07, 6.45) is 5.88. The first-order valence-electron chi connectivity index (χ1n) is 8.35. The summed E-state index contributed by atoms with van der Waals surface area (Å²) in [6, 6.07) is 6.29. The molecular weight excluding hydrogens is 312 g/mol. The highest BCUT2D eigenvalue weighted by atomic mass is 32.2. The van der Waals surface area contributed by atoms with Crippen LogP contribution in [0.15, 0.2) is 29.2 Å². The Kier molecular flexibility index (Phi) is 6.18. The molecule has 6 heteroatoms. The first-order chi connectivity index (χ1) is 10.9. The molecule has 1 saturated carbocycles. The van der Waals surface area contributed by atoms with Crippen molar-refractivity contribution in [3.63, 3.8) is 0 Å². The Labute approximate surface area is 138 Å². The summed E-state index contributed by atoms with van der Waals surface area (Å²) in [6.45, 7) is 3.91. The molecule has 1 atom stereocenters. The van der Waals surface area contributed by atoms with E-state index in [1.807, 2.05) is 13.8 Å². The van der Waals surface area contributed by atoms with E-state index in [9.17, 15) is 13.2 Å². The van der Waals surface area contributed by atoms with Gasteiger partial charge in [-0.25, -0.2) is 13.1 Å². The highest BCUT2D eigenvalue weighted by molar-refractivity contribution is 7.89. The zero-order valence-corrected chi connectivity index (χ0v) is 14.7. The van der Waals surface area contributed by atoms with Crippen molar-refractivity contribution in [1.29, 1.82) is 0 Å². The van der Waals surface area contributed by atoms with Crippen LogP contribution in [-0.4, -0.2) is 26.4 Å². The topological polar surface area (TPSA) is 75.3 Å². The fraction of sp³-hybridized carbons (Fsp3) is 0.588. The maximum absolute atomic E-state index is 12.5. The molecule has 5 nitrogen and oxygen atoms in total. The van der Waals surface area contributed by atoms with Crippen molar-refractivity contribution in [2.75, 3.05) is 0 Å². The smallest absolute Gasteiger partial charge is 0.251 e. The average molecular weight is 338 g/mol. The number of amides is 1. The van der Waals surface area contributed by atoms with Crippen LogP contribution in [0.5, 0.6) is 0 Å². The van der Waals surface area contributed by atoms with Gasteiger partial charge in [0.05, 0.1) is 4.90 Å². The van der Waals surface area contributed by atoms with Crippen molar-refractivity contribution >= 4 is 15.9 Å². The van der Waals surface area contributed by atoms with Crippen LogP contribution in [0, 0.1) is 0 Å². The van der Waals surface area contributed by atoms with Crippen LogP contribution >= 0.6 is 0 Å². The fourth-order valence-corrected chi connectivity index (χ4v) is 4.07. The van der Waals surface area contributed by atoms with Crippen LogP contribution in [-0.2, 0) is 10.0 Å². The van der Waals surface area contributed by atoms with Crippen molar-refractivity contribution in [1.82, 2.24) is 10.0 Å². The molecule has 0 bridgehead atoms. The Bertz CT molecular complexity index is 637. The van der Waals surface area contributed by atoms with Gasteiger partial charge in [-0.05, 0) is 44.4 Å². The van der Waals surface area contributed by atoms with E-state index in [1.165, 1.54) is 18.6 Å². The molecule has 0 spiro atoms. The monoisotopic (exact) mass is 338 g/mol. The molecule has 0 radical (unpaired) electrons. The average Bonchev–Trinajstić information content (AvgIpc) is 2.55. The van der Waals surface area contributed by atoms with Gasteiger partial charge in [0.2, 0.25) is 10.0 Å². The van der Waals surface area contributed by atoms with E-state index in [4.69, 9.17) is 0 Å². The van der Waals surface area contributed by atoms with E-state index >= 15 is 0 Å². The number of nitrogens with one attached hydrogen (secondary N) is 2. The van der Waals surface area contributed by atoms with Gasteiger partial charge in [-0.15, -0.1) is 0 Å². The lowest BCUT2D eigenvalue weighted by Gasteiger charge is -2.22. The largest absolute Gasteiger partial charge is 0.350 e. The number of sulfonamides is 1. The minimum absolute atomic E-state index is 0.00588. The van der Waals surface area contributed by atoms with Crippen LogP contribution in [0.1, 0.15) is 62.7 Å². The first kappa shape index (κ1) is 17.9. The zero-order chi connectivity index (χ0) is 16.9. The van der Waals surface area contributed by atoms with Gasteiger partial charge in [-0.1, -0.05) is 32.3 Å². The summed E-state index contributed by atoms with van der Waals surface area (Å²) < 4.78 is 27.8. The highest BCUT2D eigenvalue weighted by Gasteiger charge is 2.22. The summed E-state index contributed by atoms with van der Waals surface area (Å²) >= 11 is 0. The quantitative estimate of drug-likeness (QED) is 0.837. The van der Waals surface area contributed by atoms with E-state index < -0.39 is 10.0 Å². The second kappa shape index (κ2) is 7.93. The summed E-state index contributed by atoms with van der Waals surface area (Å²) in [5.74, 6) is -0.242. The van der Waals surface area contributed by atoms with Crippen LogP contribution in [0.2, 0.25) is 0 Å². The van der Waals surface area contributed by atoms with Crippen molar-refractivity contribution < 1.29 is 13.2 Å². The molecule has 1 aromatic carbocycles. The molecule has 1 amide bonds. The van der Waals surface area contributed by atoms with Gasteiger partial charge in [0.15, 0.2) is 0 Å². The maximum atomic E-state index is 12.5. The van der Waals surface area contributed by atoms with Gasteiger partial charge in [0.1, 0.15) is 0 Å². The van der Waals surface area contributed by atoms with E-state index in [0.717, 1.165) is 32.1 Å². The van der Waals surface area contributed by atoms with Gasteiger partial charge in [0.25, 0.3) is 5.91 Å². The second-order valence-corrected chi connectivity index (χ2v) is 7.98. The number of hydrogen-bond acceptors (Lipinski definition) is 3. The lowest BCUT2D eigenvalue weighted by Crippen LogP contribution is -2.36. The van der Waals surface area contributed by atoms with Crippen molar-refractivity contribution in [2.24, 2.45) is 0 Å². The number of carbonyl (C=O) groups is 1. The molecular formula is C17H26N2O3S. The number of carbonyl (C=O) groups excluding carboxylic acids is 1. The van der Waals surface area contributed by atoms with Gasteiger partial charge >= 0.3 is 0 Å². The molecule has 1 fully saturated rings. The molecule has 0 saturated heterocycles. The van der Waals surface area contributed by atoms with E-state index in [1.54, 1.807) is 12.1 Å². The predicted molar refractivity (Wildman–Crippen MR) is 90.9 cm³/mol. The molecule has 0 heterocycles. The molecule has 0 aliphatic heterocycles. The summed E-state index contributed by atoms with van der Waals surface area (Å²) in [7, 11) is -3.58. The van der Waals surface area contributed by atoms with Gasteiger partial charge in [0, 0.05) is 17.6 Å². The normalized spacial score (nSPS) is 17.7. The van der Waals surface area contributed by atoms with Crippen LogP contribution in [0.25, 0.3) is 0 Å². The van der Waals surface area contributed by atoms with E-state index in [-0.39, 0.29) is 22.9 Å². The Morgan fingerprint density at radius 1 is 1.26 bits per heavy atom. The van der Waals surface area contributed by atoms with Crippen molar-refractivity contribution in [3.05, 3.63) is 29.8 Å². The molecule has 23 heavy (non-hydrogen) atoms. The number of hydrogen-bond donors (Lipinski definition) is 2. The fourth-order valence-electron chi connectivity index (χ4n) is 2.72. The third-order valence-electron chi connectivity index (χ3n) is 4.32. The third-order valence-corrected chi connectivity index (χ3v) is 5.84. The van der Waals surface area contributed by atoms with Crippen LogP contribution in [0.4, 0.5) is 0 Å². The molecule has 128 valence electrons. The van der Waals surface area contributed by atoms with Crippen LogP contribution in [0.3, 0.4) is 0 Å². The zero-order valence-electron chi connectivity index (χ0n) is 13.8. The Balaban J connectivity index is 2.12. The molecule has 2 rings (SSSR count). The van der Waals surface area contributed by atoms with Gasteiger partial charge in [-0.3, -0.25) is 4.79 Å².